The molecule has 2 aromatic carbocycles. The number of hydrogen-bond acceptors (Lipinski definition) is 4. The molecule has 0 spiro atoms. The highest BCUT2D eigenvalue weighted by molar-refractivity contribution is 9.10. The molecule has 2 aromatic rings. The van der Waals surface area contributed by atoms with Gasteiger partial charge in [-0.25, -0.2) is 4.31 Å². The Hall–Kier alpha value is -1.30. The van der Waals surface area contributed by atoms with Crippen molar-refractivity contribution in [3.05, 3.63) is 52.5 Å². The minimum Gasteiger partial charge on any atom is -0.457 e. The molecule has 5 heteroatoms. The van der Waals surface area contributed by atoms with Crippen molar-refractivity contribution in [3.63, 3.8) is 0 Å². The van der Waals surface area contributed by atoms with E-state index in [4.69, 9.17) is 4.74 Å². The number of carbonyl (C=O) groups is 1. The molecule has 0 saturated heterocycles. The third kappa shape index (κ3) is 4.60. The van der Waals surface area contributed by atoms with E-state index < -0.39 is 0 Å². The second-order valence-corrected chi connectivity index (χ2v) is 6.60. The Morgan fingerprint density at radius 2 is 1.73 bits per heavy atom. The molecule has 3 nitrogen and oxygen atoms in total. The molecule has 0 N–H and O–H groups in total. The quantitative estimate of drug-likeness (QED) is 0.475. The lowest BCUT2D eigenvalue weighted by Gasteiger charge is -2.16. The van der Waals surface area contributed by atoms with Crippen molar-refractivity contribution < 1.29 is 9.53 Å². The summed E-state index contributed by atoms with van der Waals surface area (Å²) in [5.74, 6) is 1.40. The highest BCUT2D eigenvalue weighted by atomic mass is 79.9. The van der Waals surface area contributed by atoms with Gasteiger partial charge in [0.2, 0.25) is 0 Å². The van der Waals surface area contributed by atoms with Gasteiger partial charge in [0.1, 0.15) is 11.5 Å². The Morgan fingerprint density at radius 3 is 2.32 bits per heavy atom. The molecule has 2 rings (SSSR count). The van der Waals surface area contributed by atoms with E-state index in [9.17, 15) is 4.79 Å². The molecule has 0 aliphatic heterocycles. The third-order valence-corrected chi connectivity index (χ3v) is 5.07. The molecule has 0 amide bonds. The molecular formula is C17H18BrNO2S. The van der Waals surface area contributed by atoms with Crippen LogP contribution in [0.15, 0.2) is 51.8 Å². The van der Waals surface area contributed by atoms with E-state index in [1.165, 1.54) is 4.90 Å². The summed E-state index contributed by atoms with van der Waals surface area (Å²) in [6.07, 6.45) is 0.806. The average molecular weight is 380 g/mol. The van der Waals surface area contributed by atoms with Gasteiger partial charge in [0.25, 0.3) is 0 Å². The zero-order valence-electron chi connectivity index (χ0n) is 12.6. The fourth-order valence-electron chi connectivity index (χ4n) is 1.88. The minimum atomic E-state index is 0.575. The number of hydrogen-bond donors (Lipinski definition) is 0. The van der Waals surface area contributed by atoms with Crippen molar-refractivity contribution in [1.82, 2.24) is 4.31 Å². The number of halogens is 1. The van der Waals surface area contributed by atoms with Crippen LogP contribution in [0.5, 0.6) is 11.5 Å². The van der Waals surface area contributed by atoms with Crippen LogP contribution in [0.2, 0.25) is 0 Å². The topological polar surface area (TPSA) is 29.5 Å². The van der Waals surface area contributed by atoms with E-state index >= 15 is 0 Å². The predicted octanol–water partition coefficient (Wildman–Crippen LogP) is 5.40. The van der Waals surface area contributed by atoms with E-state index in [0.717, 1.165) is 29.6 Å². The first-order chi connectivity index (χ1) is 10.7. The maximum atomic E-state index is 10.9. The second-order valence-electron chi connectivity index (χ2n) is 4.58. The van der Waals surface area contributed by atoms with Crippen LogP contribution < -0.4 is 4.74 Å². The summed E-state index contributed by atoms with van der Waals surface area (Å²) in [6, 6.07) is 13.3. The van der Waals surface area contributed by atoms with Crippen molar-refractivity contribution in [1.29, 1.82) is 0 Å². The Kier molecular flexibility index (Phi) is 6.49. The summed E-state index contributed by atoms with van der Waals surface area (Å²) in [4.78, 5) is 12.1. The predicted molar refractivity (Wildman–Crippen MR) is 94.8 cm³/mol. The van der Waals surface area contributed by atoms with Crippen LogP contribution in [0.4, 0.5) is 0 Å². The molecule has 0 radical (unpaired) electrons. The lowest BCUT2D eigenvalue weighted by atomic mass is 10.2. The van der Waals surface area contributed by atoms with Gasteiger partial charge in [0.15, 0.2) is 6.29 Å². The number of ether oxygens (including phenoxy) is 1. The van der Waals surface area contributed by atoms with Crippen LogP contribution >= 0.6 is 27.9 Å². The van der Waals surface area contributed by atoms with Gasteiger partial charge in [-0.05, 0) is 54.4 Å². The fourth-order valence-corrected chi connectivity index (χ4v) is 3.04. The second kappa shape index (κ2) is 8.36. The molecule has 0 fully saturated rings. The molecule has 22 heavy (non-hydrogen) atoms. The first kappa shape index (κ1) is 17.1. The smallest absolute Gasteiger partial charge is 0.151 e. The highest BCUT2D eigenvalue weighted by Crippen LogP contribution is 2.28. The maximum Gasteiger partial charge on any atom is 0.151 e. The number of benzene rings is 2. The van der Waals surface area contributed by atoms with Crippen LogP contribution in [0.3, 0.4) is 0 Å². The molecule has 0 atom stereocenters. The first-order valence-electron chi connectivity index (χ1n) is 7.11. The van der Waals surface area contributed by atoms with E-state index in [2.05, 4.69) is 34.1 Å². The van der Waals surface area contributed by atoms with E-state index in [0.29, 0.717) is 11.3 Å². The van der Waals surface area contributed by atoms with Crippen LogP contribution in [-0.4, -0.2) is 23.7 Å². The largest absolute Gasteiger partial charge is 0.457 e. The van der Waals surface area contributed by atoms with E-state index in [1.807, 2.05) is 36.4 Å². The molecule has 0 aromatic heterocycles. The van der Waals surface area contributed by atoms with Crippen molar-refractivity contribution in [3.8, 4) is 11.5 Å². The molecule has 0 aliphatic rings. The number of aldehydes is 1. The number of nitrogens with zero attached hydrogens (tertiary/aromatic N) is 1. The fraction of sp³-hybridized carbons (Fsp3) is 0.235. The third-order valence-electron chi connectivity index (χ3n) is 3.09. The lowest BCUT2D eigenvalue weighted by molar-refractivity contribution is 0.112. The monoisotopic (exact) mass is 379 g/mol. The normalized spacial score (nSPS) is 10.7. The van der Waals surface area contributed by atoms with Crippen molar-refractivity contribution in [2.45, 2.75) is 18.7 Å². The number of rotatable bonds is 7. The van der Waals surface area contributed by atoms with Gasteiger partial charge in [-0.2, -0.15) is 0 Å². The van der Waals surface area contributed by atoms with Crippen molar-refractivity contribution in [2.24, 2.45) is 0 Å². The van der Waals surface area contributed by atoms with Gasteiger partial charge in [-0.15, -0.1) is 0 Å². The first-order valence-corrected chi connectivity index (χ1v) is 8.68. The molecule has 116 valence electrons. The highest BCUT2D eigenvalue weighted by Gasteiger charge is 2.05. The SMILES string of the molecule is CCN(CC)Sc1ccc(Oc2ccc(Br)c(C=O)c2)cc1. The van der Waals surface area contributed by atoms with Crippen LogP contribution in [0.1, 0.15) is 24.2 Å². The van der Waals surface area contributed by atoms with E-state index in [-0.39, 0.29) is 0 Å². The van der Waals surface area contributed by atoms with Crippen LogP contribution in [0.25, 0.3) is 0 Å². The Labute approximate surface area is 143 Å². The minimum absolute atomic E-state index is 0.575. The van der Waals surface area contributed by atoms with Crippen molar-refractivity contribution in [2.75, 3.05) is 13.1 Å². The number of carbonyl (C=O) groups excluding carboxylic acids is 1. The maximum absolute atomic E-state index is 10.9. The van der Waals surface area contributed by atoms with E-state index in [1.54, 1.807) is 18.0 Å². The molecular weight excluding hydrogens is 362 g/mol. The van der Waals surface area contributed by atoms with Crippen molar-refractivity contribution >= 4 is 34.2 Å². The standard InChI is InChI=1S/C17H18BrNO2S/c1-3-19(4-2)22-16-8-5-14(6-9-16)21-15-7-10-17(18)13(11-15)12-20/h5-12H,3-4H2,1-2H3. The van der Waals surface area contributed by atoms with Gasteiger partial charge in [-0.3, -0.25) is 4.79 Å². The zero-order valence-corrected chi connectivity index (χ0v) is 15.0. The lowest BCUT2D eigenvalue weighted by Crippen LogP contribution is -2.13. The summed E-state index contributed by atoms with van der Waals surface area (Å²) in [5.41, 5.74) is 0.575. The molecule has 0 unspecified atom stereocenters. The Morgan fingerprint density at radius 1 is 1.09 bits per heavy atom. The van der Waals surface area contributed by atoms with Gasteiger partial charge in [0, 0.05) is 28.0 Å². The zero-order chi connectivity index (χ0) is 15.9. The summed E-state index contributed by atoms with van der Waals surface area (Å²) in [6.45, 7) is 6.30. The van der Waals surface area contributed by atoms with Gasteiger partial charge >= 0.3 is 0 Å². The van der Waals surface area contributed by atoms with Gasteiger partial charge in [0.05, 0.1) is 0 Å². The Bertz CT molecular complexity index is 627. The Balaban J connectivity index is 2.06. The summed E-state index contributed by atoms with van der Waals surface area (Å²) >= 11 is 5.06. The summed E-state index contributed by atoms with van der Waals surface area (Å²) in [5, 5.41) is 0. The van der Waals surface area contributed by atoms with Crippen LogP contribution in [0, 0.1) is 0 Å². The van der Waals surface area contributed by atoms with Gasteiger partial charge in [-0.1, -0.05) is 29.8 Å². The molecule has 0 bridgehead atoms. The molecule has 0 saturated carbocycles. The molecule has 0 aliphatic carbocycles. The van der Waals surface area contributed by atoms with Crippen LogP contribution in [-0.2, 0) is 0 Å². The molecule has 0 heterocycles. The summed E-state index contributed by atoms with van der Waals surface area (Å²) < 4.78 is 8.83. The average Bonchev–Trinajstić information content (AvgIpc) is 2.56. The van der Waals surface area contributed by atoms with Gasteiger partial charge < -0.3 is 4.74 Å². The summed E-state index contributed by atoms with van der Waals surface area (Å²) in [7, 11) is 0.